The predicted octanol–water partition coefficient (Wildman–Crippen LogP) is 4.81. The molecule has 0 saturated heterocycles. The fourth-order valence-corrected chi connectivity index (χ4v) is 2.82. The first-order chi connectivity index (χ1) is 6.66. The lowest BCUT2D eigenvalue weighted by Gasteiger charge is -2.27. The molecule has 0 heterocycles. The molecule has 1 aliphatic rings. The van der Waals surface area contributed by atoms with Crippen molar-refractivity contribution in [1.82, 2.24) is 0 Å². The summed E-state index contributed by atoms with van der Waals surface area (Å²) in [6.07, 6.45) is 11.8. The SMILES string of the molecule is CCC=CC(C(C)C)C1(CCC)CC1. The summed E-state index contributed by atoms with van der Waals surface area (Å²) in [4.78, 5) is 0. The van der Waals surface area contributed by atoms with Crippen LogP contribution in [0.1, 0.15) is 59.8 Å². The maximum absolute atomic E-state index is 2.49. The van der Waals surface area contributed by atoms with Crippen LogP contribution in [0.2, 0.25) is 0 Å². The molecule has 0 amide bonds. The molecule has 0 N–H and O–H groups in total. The molecule has 1 aliphatic carbocycles. The van der Waals surface area contributed by atoms with E-state index in [2.05, 4.69) is 39.8 Å². The third kappa shape index (κ3) is 2.62. The third-order valence-corrected chi connectivity index (χ3v) is 3.64. The van der Waals surface area contributed by atoms with Gasteiger partial charge in [-0.25, -0.2) is 0 Å². The Morgan fingerprint density at radius 3 is 2.21 bits per heavy atom. The molecule has 1 rings (SSSR count). The van der Waals surface area contributed by atoms with Gasteiger partial charge in [-0.3, -0.25) is 0 Å². The van der Waals surface area contributed by atoms with Gasteiger partial charge in [-0.2, -0.15) is 0 Å². The van der Waals surface area contributed by atoms with Crippen LogP contribution in [-0.2, 0) is 0 Å². The highest BCUT2D eigenvalue weighted by Crippen LogP contribution is 2.58. The monoisotopic (exact) mass is 194 g/mol. The lowest BCUT2D eigenvalue weighted by Crippen LogP contribution is -2.19. The molecule has 0 spiro atoms. The fraction of sp³-hybridized carbons (Fsp3) is 0.857. The van der Waals surface area contributed by atoms with E-state index in [0.29, 0.717) is 5.41 Å². The van der Waals surface area contributed by atoms with Gasteiger partial charge in [0.05, 0.1) is 0 Å². The molecule has 14 heavy (non-hydrogen) atoms. The van der Waals surface area contributed by atoms with Crippen molar-refractivity contribution in [3.8, 4) is 0 Å². The molecule has 1 fully saturated rings. The zero-order chi connectivity index (χ0) is 10.6. The quantitative estimate of drug-likeness (QED) is 0.532. The van der Waals surface area contributed by atoms with E-state index in [0.717, 1.165) is 11.8 Å². The molecular weight excluding hydrogens is 168 g/mol. The summed E-state index contributed by atoms with van der Waals surface area (Å²) < 4.78 is 0. The zero-order valence-electron chi connectivity index (χ0n) is 10.3. The van der Waals surface area contributed by atoms with Crippen LogP contribution < -0.4 is 0 Å². The van der Waals surface area contributed by atoms with Crippen LogP contribution in [0.5, 0.6) is 0 Å². The van der Waals surface area contributed by atoms with Crippen molar-refractivity contribution >= 4 is 0 Å². The fourth-order valence-electron chi connectivity index (χ4n) is 2.82. The van der Waals surface area contributed by atoms with Crippen molar-refractivity contribution in [3.63, 3.8) is 0 Å². The Kier molecular flexibility index (Phi) is 4.22. The molecule has 1 atom stereocenters. The Morgan fingerprint density at radius 2 is 1.86 bits per heavy atom. The molecule has 0 heteroatoms. The Labute approximate surface area is 89.8 Å². The number of hydrogen-bond donors (Lipinski definition) is 0. The number of rotatable bonds is 6. The van der Waals surface area contributed by atoms with Crippen molar-refractivity contribution in [2.45, 2.75) is 59.8 Å². The lowest BCUT2D eigenvalue weighted by atomic mass is 9.78. The molecule has 0 radical (unpaired) electrons. The Balaban J connectivity index is 2.62. The third-order valence-electron chi connectivity index (χ3n) is 3.64. The molecule has 82 valence electrons. The van der Waals surface area contributed by atoms with Crippen LogP contribution in [-0.4, -0.2) is 0 Å². The van der Waals surface area contributed by atoms with Crippen molar-refractivity contribution in [2.24, 2.45) is 17.3 Å². The lowest BCUT2D eigenvalue weighted by molar-refractivity contribution is 0.269. The zero-order valence-corrected chi connectivity index (χ0v) is 10.3. The van der Waals surface area contributed by atoms with E-state index in [4.69, 9.17) is 0 Å². The van der Waals surface area contributed by atoms with Gasteiger partial charge in [-0.1, -0.05) is 46.3 Å². The summed E-state index contributed by atoms with van der Waals surface area (Å²) in [5.41, 5.74) is 0.703. The van der Waals surface area contributed by atoms with Gasteiger partial charge in [-0.15, -0.1) is 0 Å². The van der Waals surface area contributed by atoms with Gasteiger partial charge >= 0.3 is 0 Å². The Morgan fingerprint density at radius 1 is 1.21 bits per heavy atom. The summed E-state index contributed by atoms with van der Waals surface area (Å²) in [5.74, 6) is 1.65. The van der Waals surface area contributed by atoms with Crippen LogP contribution in [0.4, 0.5) is 0 Å². The maximum atomic E-state index is 2.49. The standard InChI is InChI=1S/C14H26/c1-5-7-8-13(12(3)4)14(9-6-2)10-11-14/h7-8,12-13H,5-6,9-11H2,1-4H3. The van der Waals surface area contributed by atoms with E-state index in [9.17, 15) is 0 Å². The van der Waals surface area contributed by atoms with Crippen LogP contribution >= 0.6 is 0 Å². The summed E-state index contributed by atoms with van der Waals surface area (Å²) in [6.45, 7) is 9.30. The first-order valence-electron chi connectivity index (χ1n) is 6.33. The second-order valence-electron chi connectivity index (χ2n) is 5.22. The van der Waals surface area contributed by atoms with Crippen LogP contribution in [0, 0.1) is 17.3 Å². The van der Waals surface area contributed by atoms with Crippen molar-refractivity contribution in [1.29, 1.82) is 0 Å². The van der Waals surface area contributed by atoms with Crippen molar-refractivity contribution in [3.05, 3.63) is 12.2 Å². The minimum Gasteiger partial charge on any atom is -0.0885 e. The smallest absolute Gasteiger partial charge is 0.0154 e. The van der Waals surface area contributed by atoms with Crippen LogP contribution in [0.15, 0.2) is 12.2 Å². The van der Waals surface area contributed by atoms with Crippen molar-refractivity contribution in [2.75, 3.05) is 0 Å². The highest BCUT2D eigenvalue weighted by atomic mass is 14.5. The normalized spacial score (nSPS) is 21.8. The summed E-state index contributed by atoms with van der Waals surface area (Å²) in [5, 5.41) is 0. The predicted molar refractivity (Wildman–Crippen MR) is 64.3 cm³/mol. The Hall–Kier alpha value is -0.260. The average molecular weight is 194 g/mol. The average Bonchev–Trinajstić information content (AvgIpc) is 2.86. The first kappa shape index (κ1) is 11.8. The summed E-state index contributed by atoms with van der Waals surface area (Å²) in [7, 11) is 0. The number of hydrogen-bond acceptors (Lipinski definition) is 0. The highest BCUT2D eigenvalue weighted by molar-refractivity contribution is 5.07. The minimum atomic E-state index is 0.703. The van der Waals surface area contributed by atoms with Gasteiger partial charge in [0.25, 0.3) is 0 Å². The van der Waals surface area contributed by atoms with Gasteiger partial charge < -0.3 is 0 Å². The molecular formula is C14H26. The van der Waals surface area contributed by atoms with E-state index in [-0.39, 0.29) is 0 Å². The highest BCUT2D eigenvalue weighted by Gasteiger charge is 2.47. The molecule has 0 aromatic rings. The van der Waals surface area contributed by atoms with Gasteiger partial charge in [0.15, 0.2) is 0 Å². The van der Waals surface area contributed by atoms with Crippen LogP contribution in [0.25, 0.3) is 0 Å². The topological polar surface area (TPSA) is 0 Å². The minimum absolute atomic E-state index is 0.703. The van der Waals surface area contributed by atoms with E-state index in [1.54, 1.807) is 0 Å². The van der Waals surface area contributed by atoms with Gasteiger partial charge in [0.2, 0.25) is 0 Å². The van der Waals surface area contributed by atoms with E-state index in [1.807, 2.05) is 0 Å². The van der Waals surface area contributed by atoms with Crippen LogP contribution in [0.3, 0.4) is 0 Å². The molecule has 0 aliphatic heterocycles. The summed E-state index contributed by atoms with van der Waals surface area (Å²) in [6, 6.07) is 0. The van der Waals surface area contributed by atoms with Gasteiger partial charge in [0.1, 0.15) is 0 Å². The van der Waals surface area contributed by atoms with Crippen molar-refractivity contribution < 1.29 is 0 Å². The van der Waals surface area contributed by atoms with Gasteiger partial charge in [0, 0.05) is 0 Å². The first-order valence-corrected chi connectivity index (χ1v) is 6.33. The molecule has 0 aromatic heterocycles. The summed E-state index contributed by atoms with van der Waals surface area (Å²) >= 11 is 0. The largest absolute Gasteiger partial charge is 0.0885 e. The van der Waals surface area contributed by atoms with E-state index in [1.165, 1.54) is 32.1 Å². The van der Waals surface area contributed by atoms with E-state index < -0.39 is 0 Å². The van der Waals surface area contributed by atoms with Gasteiger partial charge in [-0.05, 0) is 42.9 Å². The molecule has 0 nitrogen and oxygen atoms in total. The Bertz CT molecular complexity index is 184. The molecule has 0 bridgehead atoms. The van der Waals surface area contributed by atoms with E-state index >= 15 is 0 Å². The number of allylic oxidation sites excluding steroid dienone is 2. The molecule has 1 saturated carbocycles. The second kappa shape index (κ2) is 5.00. The second-order valence-corrected chi connectivity index (χ2v) is 5.22. The maximum Gasteiger partial charge on any atom is -0.0154 e. The molecule has 1 unspecified atom stereocenters. The molecule has 0 aromatic carbocycles.